The topological polar surface area (TPSA) is 60.2 Å². The number of rotatable bonds is 6. The maximum atomic E-state index is 10.2. The number of aromatic nitrogens is 3. The van der Waals surface area contributed by atoms with Crippen LogP contribution >= 0.6 is 0 Å². The Labute approximate surface area is 141 Å². The quantitative estimate of drug-likeness (QED) is 0.757. The van der Waals surface area contributed by atoms with Crippen LogP contribution in [-0.2, 0) is 6.54 Å². The molecule has 0 aliphatic heterocycles. The minimum atomic E-state index is -0.658. The van der Waals surface area contributed by atoms with E-state index in [1.54, 1.807) is 11.0 Å². The van der Waals surface area contributed by atoms with Crippen LogP contribution in [0.3, 0.4) is 0 Å². The summed E-state index contributed by atoms with van der Waals surface area (Å²) in [4.78, 5) is 4.29. The molecule has 1 atom stereocenters. The fourth-order valence-corrected chi connectivity index (χ4v) is 2.58. The lowest BCUT2D eigenvalue weighted by Gasteiger charge is -2.15. The van der Waals surface area contributed by atoms with E-state index in [1.165, 1.54) is 0 Å². The molecule has 1 N–H and O–H groups in total. The van der Waals surface area contributed by atoms with Crippen molar-refractivity contribution in [2.24, 2.45) is 0 Å². The minimum Gasteiger partial charge on any atom is -0.490 e. The van der Waals surface area contributed by atoms with Crippen LogP contribution in [0.15, 0.2) is 54.9 Å². The predicted molar refractivity (Wildman–Crippen MR) is 92.9 cm³/mol. The second-order valence-electron chi connectivity index (χ2n) is 5.84. The number of hydrogen-bond donors (Lipinski definition) is 1. The van der Waals surface area contributed by atoms with Crippen molar-refractivity contribution in [2.75, 3.05) is 6.61 Å². The summed E-state index contributed by atoms with van der Waals surface area (Å²) in [7, 11) is 0. The van der Waals surface area contributed by atoms with Crippen molar-refractivity contribution in [3.63, 3.8) is 0 Å². The van der Waals surface area contributed by atoms with Crippen molar-refractivity contribution >= 4 is 0 Å². The van der Waals surface area contributed by atoms with E-state index >= 15 is 0 Å². The molecular formula is C19H21N3O2. The summed E-state index contributed by atoms with van der Waals surface area (Å²) < 4.78 is 7.42. The van der Waals surface area contributed by atoms with Gasteiger partial charge in [-0.2, -0.15) is 5.10 Å². The molecule has 0 aliphatic rings. The Morgan fingerprint density at radius 1 is 1.04 bits per heavy atom. The van der Waals surface area contributed by atoms with Crippen LogP contribution in [0.2, 0.25) is 0 Å². The lowest BCUT2D eigenvalue weighted by atomic mass is 10.1. The third-order valence-corrected chi connectivity index (χ3v) is 3.80. The fourth-order valence-electron chi connectivity index (χ4n) is 2.58. The summed E-state index contributed by atoms with van der Waals surface area (Å²) in [5.41, 5.74) is 3.08. The first kappa shape index (κ1) is 16.2. The average molecular weight is 323 g/mol. The van der Waals surface area contributed by atoms with Gasteiger partial charge in [0.1, 0.15) is 24.8 Å². The van der Waals surface area contributed by atoms with Crippen molar-refractivity contribution in [3.8, 4) is 17.1 Å². The van der Waals surface area contributed by atoms with E-state index in [9.17, 15) is 5.11 Å². The monoisotopic (exact) mass is 323 g/mol. The Morgan fingerprint density at radius 2 is 1.75 bits per heavy atom. The molecule has 0 bridgehead atoms. The standard InChI is InChI=1S/C19H21N3O2/c1-14-7-6-8-15(2)18(14)24-12-17(23)11-22-13-20-19(21-22)16-9-4-3-5-10-16/h3-10,13,17,23H,11-12H2,1-2H3. The van der Waals surface area contributed by atoms with Gasteiger partial charge in [0, 0.05) is 5.56 Å². The Morgan fingerprint density at radius 3 is 2.46 bits per heavy atom. The van der Waals surface area contributed by atoms with Crippen molar-refractivity contribution < 1.29 is 9.84 Å². The molecule has 1 heterocycles. The molecule has 0 fully saturated rings. The van der Waals surface area contributed by atoms with Crippen molar-refractivity contribution in [1.29, 1.82) is 0 Å². The second kappa shape index (κ2) is 7.27. The highest BCUT2D eigenvalue weighted by molar-refractivity contribution is 5.53. The first-order valence-electron chi connectivity index (χ1n) is 7.95. The largest absolute Gasteiger partial charge is 0.490 e. The van der Waals surface area contributed by atoms with Gasteiger partial charge in [-0.25, -0.2) is 9.67 Å². The molecule has 0 spiro atoms. The Kier molecular flexibility index (Phi) is 4.91. The van der Waals surface area contributed by atoms with Crippen molar-refractivity contribution in [2.45, 2.75) is 26.5 Å². The van der Waals surface area contributed by atoms with Gasteiger partial charge in [-0.3, -0.25) is 0 Å². The number of ether oxygens (including phenoxy) is 1. The molecule has 0 aliphatic carbocycles. The molecule has 5 heteroatoms. The summed E-state index contributed by atoms with van der Waals surface area (Å²) >= 11 is 0. The zero-order valence-electron chi connectivity index (χ0n) is 13.9. The fraction of sp³-hybridized carbons (Fsp3) is 0.263. The van der Waals surface area contributed by atoms with Crippen LogP contribution in [0, 0.1) is 13.8 Å². The molecule has 124 valence electrons. The molecule has 0 saturated carbocycles. The lowest BCUT2D eigenvalue weighted by molar-refractivity contribution is 0.0887. The van der Waals surface area contributed by atoms with Crippen LogP contribution in [0.5, 0.6) is 5.75 Å². The van der Waals surface area contributed by atoms with E-state index < -0.39 is 6.10 Å². The summed E-state index contributed by atoms with van der Waals surface area (Å²) in [5.74, 6) is 1.48. The van der Waals surface area contributed by atoms with E-state index in [1.807, 2.05) is 62.4 Å². The number of hydrogen-bond acceptors (Lipinski definition) is 4. The third-order valence-electron chi connectivity index (χ3n) is 3.80. The van der Waals surface area contributed by atoms with Crippen LogP contribution < -0.4 is 4.74 Å². The number of benzene rings is 2. The predicted octanol–water partition coefficient (Wildman–Crippen LogP) is 3.00. The van der Waals surface area contributed by atoms with E-state index in [4.69, 9.17) is 4.74 Å². The lowest BCUT2D eigenvalue weighted by Crippen LogP contribution is -2.24. The van der Waals surface area contributed by atoms with Crippen LogP contribution in [-0.4, -0.2) is 32.6 Å². The van der Waals surface area contributed by atoms with Gasteiger partial charge in [0.05, 0.1) is 6.54 Å². The van der Waals surface area contributed by atoms with Gasteiger partial charge >= 0.3 is 0 Å². The zero-order valence-corrected chi connectivity index (χ0v) is 13.9. The molecule has 24 heavy (non-hydrogen) atoms. The second-order valence-corrected chi connectivity index (χ2v) is 5.84. The van der Waals surface area contributed by atoms with Crippen molar-refractivity contribution in [1.82, 2.24) is 14.8 Å². The average Bonchev–Trinajstić information content (AvgIpc) is 3.03. The smallest absolute Gasteiger partial charge is 0.181 e. The number of aliphatic hydroxyl groups excluding tert-OH is 1. The Balaban J connectivity index is 1.59. The zero-order chi connectivity index (χ0) is 16.9. The number of para-hydroxylation sites is 1. The summed E-state index contributed by atoms with van der Waals surface area (Å²) in [5, 5.41) is 14.6. The maximum Gasteiger partial charge on any atom is 0.181 e. The van der Waals surface area contributed by atoms with Crippen LogP contribution in [0.4, 0.5) is 0 Å². The molecule has 3 rings (SSSR count). The SMILES string of the molecule is Cc1cccc(C)c1OCC(O)Cn1cnc(-c2ccccc2)n1. The highest BCUT2D eigenvalue weighted by Crippen LogP contribution is 2.22. The van der Waals surface area contributed by atoms with Gasteiger partial charge in [-0.05, 0) is 25.0 Å². The third kappa shape index (κ3) is 3.81. The van der Waals surface area contributed by atoms with E-state index in [0.717, 1.165) is 22.4 Å². The maximum absolute atomic E-state index is 10.2. The van der Waals surface area contributed by atoms with Gasteiger partial charge in [0.25, 0.3) is 0 Å². The van der Waals surface area contributed by atoms with Gasteiger partial charge in [0.2, 0.25) is 0 Å². The molecule has 0 amide bonds. The molecule has 5 nitrogen and oxygen atoms in total. The molecule has 2 aromatic carbocycles. The highest BCUT2D eigenvalue weighted by Gasteiger charge is 2.11. The summed E-state index contributed by atoms with van der Waals surface area (Å²) in [6.07, 6.45) is 0.972. The summed E-state index contributed by atoms with van der Waals surface area (Å²) in [6, 6.07) is 15.8. The van der Waals surface area contributed by atoms with Crippen LogP contribution in [0.25, 0.3) is 11.4 Å². The van der Waals surface area contributed by atoms with Gasteiger partial charge in [-0.15, -0.1) is 0 Å². The number of nitrogens with zero attached hydrogens (tertiary/aromatic N) is 3. The molecule has 0 saturated heterocycles. The first-order chi connectivity index (χ1) is 11.6. The van der Waals surface area contributed by atoms with Crippen molar-refractivity contribution in [3.05, 3.63) is 66.0 Å². The molecule has 1 aromatic heterocycles. The normalized spacial score (nSPS) is 12.1. The van der Waals surface area contributed by atoms with E-state index in [2.05, 4.69) is 10.1 Å². The number of aliphatic hydroxyl groups is 1. The number of aryl methyl sites for hydroxylation is 2. The molecule has 1 unspecified atom stereocenters. The molecular weight excluding hydrogens is 302 g/mol. The highest BCUT2D eigenvalue weighted by atomic mass is 16.5. The van der Waals surface area contributed by atoms with Gasteiger partial charge in [0.15, 0.2) is 5.82 Å². The Hall–Kier alpha value is -2.66. The minimum absolute atomic E-state index is 0.215. The van der Waals surface area contributed by atoms with Gasteiger partial charge in [-0.1, -0.05) is 48.5 Å². The van der Waals surface area contributed by atoms with E-state index in [-0.39, 0.29) is 6.61 Å². The first-order valence-corrected chi connectivity index (χ1v) is 7.95. The Bertz CT molecular complexity index is 779. The summed E-state index contributed by atoms with van der Waals surface area (Å²) in [6.45, 7) is 4.55. The molecule has 0 radical (unpaired) electrons. The molecule has 3 aromatic rings. The van der Waals surface area contributed by atoms with Crippen LogP contribution in [0.1, 0.15) is 11.1 Å². The van der Waals surface area contributed by atoms with E-state index in [0.29, 0.717) is 12.4 Å². The van der Waals surface area contributed by atoms with Gasteiger partial charge < -0.3 is 9.84 Å².